The molecule has 1 unspecified atom stereocenters. The van der Waals surface area contributed by atoms with Crippen molar-refractivity contribution < 1.29 is 39.7 Å². The van der Waals surface area contributed by atoms with Gasteiger partial charge in [-0.25, -0.2) is 18.6 Å². The van der Waals surface area contributed by atoms with Crippen LogP contribution in [0.5, 0.6) is 0 Å². The molecule has 208 valence electrons. The maximum Gasteiger partial charge on any atom is 0.354 e. The van der Waals surface area contributed by atoms with E-state index in [1.54, 1.807) is 30.3 Å². The number of aromatic nitrogens is 3. The van der Waals surface area contributed by atoms with Gasteiger partial charge in [0.25, 0.3) is 0 Å². The monoisotopic (exact) mass is 712 g/mol. The Morgan fingerprint density at radius 3 is 2.21 bits per heavy atom. The van der Waals surface area contributed by atoms with Gasteiger partial charge in [-0.1, -0.05) is 89.1 Å². The van der Waals surface area contributed by atoms with Crippen molar-refractivity contribution in [2.24, 2.45) is 10.8 Å². The number of nitrogens with zero attached hydrogens (tertiary/aromatic N) is 4. The molecule has 0 fully saturated rings. The summed E-state index contributed by atoms with van der Waals surface area (Å²) in [5.74, 6) is -2.31. The molecule has 6 nitrogen and oxygen atoms in total. The van der Waals surface area contributed by atoms with Crippen LogP contribution in [-0.2, 0) is 21.1 Å². The number of aromatic carboxylic acids is 1. The van der Waals surface area contributed by atoms with E-state index in [9.17, 15) is 18.7 Å². The van der Waals surface area contributed by atoms with E-state index in [2.05, 4.69) is 69.7 Å². The second-order valence-corrected chi connectivity index (χ2v) is 11.4. The van der Waals surface area contributed by atoms with Gasteiger partial charge >= 0.3 is 5.97 Å². The van der Waals surface area contributed by atoms with Gasteiger partial charge in [0.2, 0.25) is 0 Å². The summed E-state index contributed by atoms with van der Waals surface area (Å²) in [5, 5.41) is 9.61. The number of allylic oxidation sites excluding steroid dienone is 2. The predicted octanol–water partition coefficient (Wildman–Crippen LogP) is 7.17. The van der Waals surface area contributed by atoms with E-state index in [1.165, 1.54) is 11.6 Å². The molecular weight excluding hydrogens is 681 g/mol. The number of rotatable bonds is 5. The molecule has 39 heavy (non-hydrogen) atoms. The molecule has 0 spiro atoms. The van der Waals surface area contributed by atoms with Crippen molar-refractivity contribution in [1.82, 2.24) is 15.0 Å². The van der Waals surface area contributed by atoms with E-state index >= 15 is 0 Å². The predicted molar refractivity (Wildman–Crippen MR) is 143 cm³/mol. The summed E-state index contributed by atoms with van der Waals surface area (Å²) in [6, 6.07) is 13.1. The van der Waals surface area contributed by atoms with Gasteiger partial charge in [0.05, 0.1) is 6.04 Å². The van der Waals surface area contributed by atoms with Gasteiger partial charge in [0.15, 0.2) is 5.69 Å². The van der Waals surface area contributed by atoms with E-state index in [0.29, 0.717) is 18.1 Å². The first kappa shape index (κ1) is 30.3. The Morgan fingerprint density at radius 1 is 0.974 bits per heavy atom. The zero-order valence-electron chi connectivity index (χ0n) is 22.7. The minimum absolute atomic E-state index is 0. The fourth-order valence-electron chi connectivity index (χ4n) is 4.32. The molecule has 0 saturated carbocycles. The molecule has 0 amide bonds. The number of carboxylic acid groups (broad SMARTS) is 1. The van der Waals surface area contributed by atoms with Crippen LogP contribution in [0.15, 0.2) is 65.8 Å². The average molecular weight is 713 g/mol. The number of carboxylic acids is 1. The van der Waals surface area contributed by atoms with Crippen LogP contribution >= 0.6 is 0 Å². The summed E-state index contributed by atoms with van der Waals surface area (Å²) in [6.45, 7) is 12.9. The standard InChI is InChI=1S/C30H31F2N4O2.Pt/c1-29(2,3)18-15-19(30(4,5)6)17-20(16-18)36(26-12-8-10-23(34-26)28(37)38)25-11-7-9-22(33-25)21-13-14-24(31)35-27(21)32;/h7-12,14-16,20H,17H2,1-6H3,(H,37,38);/q-1;. The van der Waals surface area contributed by atoms with Crippen LogP contribution < -0.4 is 4.90 Å². The fraction of sp³-hybridized carbons (Fsp3) is 0.333. The number of hydrogen-bond acceptors (Lipinski definition) is 5. The molecule has 0 aliphatic heterocycles. The van der Waals surface area contributed by atoms with Crippen molar-refractivity contribution in [3.63, 3.8) is 0 Å². The third-order valence-corrected chi connectivity index (χ3v) is 6.48. The van der Waals surface area contributed by atoms with Gasteiger partial charge in [-0.05, 0) is 46.7 Å². The average Bonchev–Trinajstić information content (AvgIpc) is 2.83. The Bertz CT molecular complexity index is 1440. The quantitative estimate of drug-likeness (QED) is 0.224. The summed E-state index contributed by atoms with van der Waals surface area (Å²) in [7, 11) is 0. The van der Waals surface area contributed by atoms with Crippen molar-refractivity contribution in [3.05, 3.63) is 89.4 Å². The van der Waals surface area contributed by atoms with Crippen LogP contribution in [0.4, 0.5) is 20.4 Å². The molecular formula is C30H31F2N4O2Pt-. The smallest absolute Gasteiger partial charge is 0.354 e. The van der Waals surface area contributed by atoms with Crippen molar-refractivity contribution in [1.29, 1.82) is 0 Å². The Morgan fingerprint density at radius 2 is 1.62 bits per heavy atom. The minimum atomic E-state index is -1.15. The molecule has 0 bridgehead atoms. The van der Waals surface area contributed by atoms with Crippen LogP contribution in [0.3, 0.4) is 0 Å². The largest absolute Gasteiger partial charge is 0.477 e. The summed E-state index contributed by atoms with van der Waals surface area (Å²) in [6.07, 6.45) is 5.05. The molecule has 1 aliphatic rings. The van der Waals surface area contributed by atoms with E-state index in [1.807, 2.05) is 4.90 Å². The van der Waals surface area contributed by atoms with Crippen LogP contribution in [0.2, 0.25) is 0 Å². The third-order valence-electron chi connectivity index (χ3n) is 6.48. The molecule has 3 aromatic rings. The zero-order valence-corrected chi connectivity index (χ0v) is 25.0. The molecule has 0 aromatic carbocycles. The Hall–Kier alpha value is -3.25. The Kier molecular flexibility index (Phi) is 8.91. The molecule has 3 heterocycles. The maximum atomic E-state index is 14.5. The SMILES string of the molecule is CC(C)(C)C1=CC(N(c2cccc(C(=O)O)n2)c2cccc(-c3[c-]cc(F)nc3F)n2)CC(C(C)(C)C)=C1.[Pt]. The molecule has 4 rings (SSSR count). The zero-order chi connectivity index (χ0) is 27.8. The van der Waals surface area contributed by atoms with E-state index in [4.69, 9.17) is 4.98 Å². The van der Waals surface area contributed by atoms with Crippen molar-refractivity contribution >= 4 is 17.6 Å². The molecule has 0 radical (unpaired) electrons. The topological polar surface area (TPSA) is 79.2 Å². The van der Waals surface area contributed by atoms with E-state index in [-0.39, 0.29) is 54.9 Å². The van der Waals surface area contributed by atoms with Gasteiger partial charge in [0, 0.05) is 21.1 Å². The van der Waals surface area contributed by atoms with Crippen LogP contribution in [0, 0.1) is 28.8 Å². The molecule has 3 aromatic heterocycles. The maximum absolute atomic E-state index is 14.5. The van der Waals surface area contributed by atoms with Crippen LogP contribution in [0.1, 0.15) is 58.5 Å². The third kappa shape index (κ3) is 6.85. The summed E-state index contributed by atoms with van der Waals surface area (Å²) in [4.78, 5) is 26.0. The summed E-state index contributed by atoms with van der Waals surface area (Å²) >= 11 is 0. The normalized spacial score (nSPS) is 15.6. The van der Waals surface area contributed by atoms with E-state index < -0.39 is 17.9 Å². The Labute approximate surface area is 242 Å². The first-order valence-corrected chi connectivity index (χ1v) is 12.4. The first-order chi connectivity index (χ1) is 17.7. The second kappa shape index (κ2) is 11.5. The Balaban J connectivity index is 0.00000420. The minimum Gasteiger partial charge on any atom is -0.477 e. The molecule has 1 aliphatic carbocycles. The van der Waals surface area contributed by atoms with Gasteiger partial charge in [0.1, 0.15) is 23.5 Å². The number of hydrogen-bond donors (Lipinski definition) is 1. The number of anilines is 2. The fourth-order valence-corrected chi connectivity index (χ4v) is 4.32. The summed E-state index contributed by atoms with van der Waals surface area (Å²) in [5.41, 5.74) is 2.15. The van der Waals surface area contributed by atoms with Crippen molar-refractivity contribution in [2.75, 3.05) is 4.90 Å². The summed E-state index contributed by atoms with van der Waals surface area (Å²) < 4.78 is 27.9. The van der Waals surface area contributed by atoms with Gasteiger partial charge in [-0.3, -0.25) is 9.97 Å². The van der Waals surface area contributed by atoms with Crippen LogP contribution in [-0.4, -0.2) is 32.1 Å². The molecule has 0 saturated heterocycles. The van der Waals surface area contributed by atoms with Crippen molar-refractivity contribution in [2.45, 2.75) is 54.0 Å². The molecule has 1 N–H and O–H groups in total. The molecule has 1 atom stereocenters. The molecule has 9 heteroatoms. The number of pyridine rings is 3. The van der Waals surface area contributed by atoms with E-state index in [0.717, 1.165) is 11.6 Å². The number of halogens is 2. The first-order valence-electron chi connectivity index (χ1n) is 12.4. The van der Waals surface area contributed by atoms with Gasteiger partial charge < -0.3 is 10.0 Å². The van der Waals surface area contributed by atoms with Gasteiger partial charge in [-0.2, -0.15) is 0 Å². The van der Waals surface area contributed by atoms with Crippen molar-refractivity contribution in [3.8, 4) is 11.3 Å². The van der Waals surface area contributed by atoms with Gasteiger partial charge in [-0.15, -0.1) is 6.07 Å². The van der Waals surface area contributed by atoms with Crippen LogP contribution in [0.25, 0.3) is 11.3 Å². The second-order valence-electron chi connectivity index (χ2n) is 11.4. The number of carbonyl (C=O) groups is 1.